The van der Waals surface area contributed by atoms with Gasteiger partial charge in [0.15, 0.2) is 0 Å². The molecular weight excluding hydrogens is 416 g/mol. The fourth-order valence-corrected chi connectivity index (χ4v) is 4.49. The van der Waals surface area contributed by atoms with Crippen LogP contribution < -0.4 is 13.7 Å². The largest absolute Gasteiger partial charge is 0.395 e. The van der Waals surface area contributed by atoms with Gasteiger partial charge >= 0.3 is 0 Å². The Morgan fingerprint density at radius 3 is 2.10 bits per heavy atom. The van der Waals surface area contributed by atoms with E-state index in [1.54, 1.807) is 0 Å². The van der Waals surface area contributed by atoms with Gasteiger partial charge in [-0.15, -0.1) is 0 Å². The number of nitrogens with zero attached hydrogens (tertiary/aromatic N) is 1. The van der Waals surface area contributed by atoms with Crippen molar-refractivity contribution in [2.24, 2.45) is 0 Å². The second-order valence-corrected chi connectivity index (χ2v) is 8.65. The van der Waals surface area contributed by atoms with Crippen LogP contribution in [0.1, 0.15) is 33.4 Å². The normalized spacial score (nSPS) is 11.2. The minimum absolute atomic E-state index is 0.107. The number of aliphatic hydroxyl groups is 1. The van der Waals surface area contributed by atoms with E-state index in [2.05, 4.69) is 74.9 Å². The Bertz CT molecular complexity index is 831. The SMILES string of the molecule is Cc1cc(C)c(OSOc2c(C)cc(C)cc2CN(C)CCS)c(CNCCO)c1. The van der Waals surface area contributed by atoms with Crippen LogP contribution in [-0.2, 0) is 13.1 Å². The standard InChI is InChI=1S/C23H34N2O3S2/c1-16-10-18(3)22(20(12-16)14-24-6-8-26)27-30-28-23-19(4)11-17(2)13-21(23)15-25(5)7-9-29/h10-13,24,26,29H,6-9,14-15H2,1-5H3. The maximum Gasteiger partial charge on any atom is 0.293 e. The molecule has 0 heterocycles. The molecule has 0 atom stereocenters. The van der Waals surface area contributed by atoms with Crippen LogP contribution in [0.25, 0.3) is 0 Å². The molecule has 0 saturated heterocycles. The maximum absolute atomic E-state index is 9.03. The van der Waals surface area contributed by atoms with E-state index >= 15 is 0 Å². The Morgan fingerprint density at radius 1 is 0.967 bits per heavy atom. The van der Waals surface area contributed by atoms with Gasteiger partial charge in [-0.25, -0.2) is 0 Å². The fourth-order valence-electron chi connectivity index (χ4n) is 3.50. The highest BCUT2D eigenvalue weighted by Crippen LogP contribution is 2.33. The second-order valence-electron chi connectivity index (χ2n) is 7.74. The Labute approximate surface area is 191 Å². The lowest BCUT2D eigenvalue weighted by atomic mass is 10.1. The Morgan fingerprint density at radius 2 is 1.53 bits per heavy atom. The van der Waals surface area contributed by atoms with E-state index < -0.39 is 0 Å². The van der Waals surface area contributed by atoms with Crippen molar-refractivity contribution in [3.05, 3.63) is 57.6 Å². The van der Waals surface area contributed by atoms with Crippen molar-refractivity contribution in [1.29, 1.82) is 0 Å². The fraction of sp³-hybridized carbons (Fsp3) is 0.478. The van der Waals surface area contributed by atoms with Crippen molar-refractivity contribution in [2.45, 2.75) is 40.8 Å². The summed E-state index contributed by atoms with van der Waals surface area (Å²) in [7, 11) is 2.09. The van der Waals surface area contributed by atoms with Crippen molar-refractivity contribution in [3.63, 3.8) is 0 Å². The van der Waals surface area contributed by atoms with Crippen LogP contribution in [0, 0.1) is 27.7 Å². The summed E-state index contributed by atoms with van der Waals surface area (Å²) in [5.74, 6) is 2.46. The van der Waals surface area contributed by atoms with E-state index in [1.165, 1.54) is 11.1 Å². The lowest BCUT2D eigenvalue weighted by Gasteiger charge is -2.20. The number of benzene rings is 2. The van der Waals surface area contributed by atoms with Crippen LogP contribution in [0.2, 0.25) is 0 Å². The smallest absolute Gasteiger partial charge is 0.293 e. The molecule has 0 aliphatic rings. The van der Waals surface area contributed by atoms with Crippen LogP contribution in [-0.4, -0.2) is 42.5 Å². The van der Waals surface area contributed by atoms with Gasteiger partial charge in [-0.1, -0.05) is 35.4 Å². The van der Waals surface area contributed by atoms with Crippen molar-refractivity contribution in [3.8, 4) is 11.5 Å². The minimum atomic E-state index is 0.107. The molecule has 0 fully saturated rings. The average molecular weight is 451 g/mol. The van der Waals surface area contributed by atoms with E-state index in [4.69, 9.17) is 13.5 Å². The number of aryl methyl sites for hydroxylation is 4. The number of hydrogen-bond acceptors (Lipinski definition) is 7. The molecule has 30 heavy (non-hydrogen) atoms. The quantitative estimate of drug-likeness (QED) is 0.253. The first-order chi connectivity index (χ1) is 14.3. The molecule has 2 N–H and O–H groups in total. The van der Waals surface area contributed by atoms with E-state index in [1.807, 2.05) is 6.92 Å². The van der Waals surface area contributed by atoms with Crippen molar-refractivity contribution in [1.82, 2.24) is 10.2 Å². The third-order valence-electron chi connectivity index (χ3n) is 4.75. The average Bonchev–Trinajstić information content (AvgIpc) is 2.65. The monoisotopic (exact) mass is 450 g/mol. The zero-order chi connectivity index (χ0) is 22.1. The highest BCUT2D eigenvalue weighted by atomic mass is 32.2. The molecule has 166 valence electrons. The van der Waals surface area contributed by atoms with Gasteiger partial charge in [0.25, 0.3) is 12.3 Å². The van der Waals surface area contributed by atoms with Crippen molar-refractivity contribution >= 4 is 25.0 Å². The van der Waals surface area contributed by atoms with Crippen molar-refractivity contribution < 1.29 is 13.5 Å². The third-order valence-corrected chi connectivity index (χ3v) is 5.42. The number of aliphatic hydroxyl groups excluding tert-OH is 1. The van der Waals surface area contributed by atoms with Gasteiger partial charge in [-0.05, 0) is 45.9 Å². The van der Waals surface area contributed by atoms with E-state index in [9.17, 15) is 0 Å². The molecule has 2 aromatic carbocycles. The van der Waals surface area contributed by atoms with Gasteiger partial charge in [0.05, 0.1) is 6.61 Å². The molecule has 0 aliphatic carbocycles. The van der Waals surface area contributed by atoms with Crippen LogP contribution in [0.5, 0.6) is 11.5 Å². The van der Waals surface area contributed by atoms with E-state index in [0.29, 0.717) is 13.1 Å². The predicted octanol–water partition coefficient (Wildman–Crippen LogP) is 4.38. The number of rotatable bonds is 12. The van der Waals surface area contributed by atoms with E-state index in [-0.39, 0.29) is 6.61 Å². The summed E-state index contributed by atoms with van der Waals surface area (Å²) in [6, 6.07) is 8.49. The van der Waals surface area contributed by atoms with Crippen LogP contribution in [0.3, 0.4) is 0 Å². The lowest BCUT2D eigenvalue weighted by molar-refractivity contribution is 0.291. The summed E-state index contributed by atoms with van der Waals surface area (Å²) in [5.41, 5.74) is 6.72. The van der Waals surface area contributed by atoms with Crippen LogP contribution in [0.4, 0.5) is 0 Å². The number of thiol groups is 1. The molecule has 0 spiro atoms. The topological polar surface area (TPSA) is 54.0 Å². The zero-order valence-electron chi connectivity index (χ0n) is 18.6. The van der Waals surface area contributed by atoms with Crippen LogP contribution >= 0.6 is 25.0 Å². The van der Waals surface area contributed by atoms with E-state index in [0.717, 1.165) is 64.9 Å². The molecule has 0 aliphatic heterocycles. The Balaban J connectivity index is 2.15. The van der Waals surface area contributed by atoms with Gasteiger partial charge in [0.1, 0.15) is 11.5 Å². The first-order valence-electron chi connectivity index (χ1n) is 10.2. The van der Waals surface area contributed by atoms with Crippen molar-refractivity contribution in [2.75, 3.05) is 32.5 Å². The third kappa shape index (κ3) is 7.39. The first-order valence-corrected chi connectivity index (χ1v) is 11.5. The molecule has 5 nitrogen and oxygen atoms in total. The summed E-state index contributed by atoms with van der Waals surface area (Å²) in [5, 5.41) is 12.3. The predicted molar refractivity (Wildman–Crippen MR) is 130 cm³/mol. The Kier molecular flexibility index (Phi) is 10.3. The van der Waals surface area contributed by atoms with Gasteiger partial charge in [0.2, 0.25) is 0 Å². The number of hydrogen-bond donors (Lipinski definition) is 3. The molecule has 2 aromatic rings. The minimum Gasteiger partial charge on any atom is -0.395 e. The molecule has 0 bridgehead atoms. The van der Waals surface area contributed by atoms with Crippen LogP contribution in [0.15, 0.2) is 24.3 Å². The summed E-state index contributed by atoms with van der Waals surface area (Å²) in [6.07, 6.45) is 0. The maximum atomic E-state index is 9.03. The summed E-state index contributed by atoms with van der Waals surface area (Å²) in [6.45, 7) is 11.2. The lowest BCUT2D eigenvalue weighted by Crippen LogP contribution is -2.20. The highest BCUT2D eigenvalue weighted by Gasteiger charge is 2.14. The van der Waals surface area contributed by atoms with Gasteiger partial charge in [0, 0.05) is 43.1 Å². The van der Waals surface area contributed by atoms with Gasteiger partial charge in [-0.2, -0.15) is 12.6 Å². The first kappa shape index (κ1) is 24.9. The van der Waals surface area contributed by atoms with Gasteiger partial charge in [-0.3, -0.25) is 0 Å². The molecule has 0 unspecified atom stereocenters. The summed E-state index contributed by atoms with van der Waals surface area (Å²) in [4.78, 5) is 2.23. The Hall–Kier alpha value is -1.38. The molecule has 0 radical (unpaired) electrons. The molecule has 0 amide bonds. The summed E-state index contributed by atoms with van der Waals surface area (Å²) < 4.78 is 12.1. The van der Waals surface area contributed by atoms with Gasteiger partial charge < -0.3 is 23.7 Å². The molecule has 7 heteroatoms. The number of nitrogens with one attached hydrogen (secondary N) is 1. The summed E-state index contributed by atoms with van der Waals surface area (Å²) >= 11 is 5.33. The molecule has 0 saturated carbocycles. The second kappa shape index (κ2) is 12.5. The molecular formula is C23H34N2O3S2. The highest BCUT2D eigenvalue weighted by molar-refractivity contribution is 7.90. The molecule has 0 aromatic heterocycles. The molecule has 2 rings (SSSR count). The zero-order valence-corrected chi connectivity index (χ0v) is 20.3.